The number of rotatable bonds is 8. The molecular weight excluding hydrogens is 230 g/mol. The van der Waals surface area contributed by atoms with Gasteiger partial charge in [0, 0.05) is 25.3 Å². The highest BCUT2D eigenvalue weighted by Crippen LogP contribution is 2.14. The minimum atomic E-state index is -0.487. The quantitative estimate of drug-likeness (QED) is 0.535. The number of hydrogen-bond acceptors (Lipinski definition) is 4. The minimum absolute atomic E-state index is 0.114. The number of benzene rings is 1. The van der Waals surface area contributed by atoms with Crippen molar-refractivity contribution in [2.45, 2.75) is 20.4 Å². The lowest BCUT2D eigenvalue weighted by atomic mass is 10.2. The summed E-state index contributed by atoms with van der Waals surface area (Å²) in [5.74, 6) is -0.487. The van der Waals surface area contributed by atoms with Gasteiger partial charge >= 0.3 is 0 Å². The predicted molar refractivity (Wildman–Crippen MR) is 72.0 cm³/mol. The van der Waals surface area contributed by atoms with Crippen molar-refractivity contribution in [2.24, 2.45) is 5.73 Å². The molecule has 100 valence electrons. The molecule has 0 unspecified atom stereocenters. The topological polar surface area (TPSA) is 67.6 Å². The van der Waals surface area contributed by atoms with Crippen molar-refractivity contribution in [2.75, 3.05) is 24.6 Å². The first-order chi connectivity index (χ1) is 8.67. The summed E-state index contributed by atoms with van der Waals surface area (Å²) in [6.07, 6.45) is 0. The fourth-order valence-electron chi connectivity index (χ4n) is 1.67. The van der Waals surface area contributed by atoms with E-state index in [1.54, 1.807) is 0 Å². The summed E-state index contributed by atoms with van der Waals surface area (Å²) in [5.41, 5.74) is 9.94. The molecule has 0 aliphatic heterocycles. The molecule has 0 aliphatic carbocycles. The second kappa shape index (κ2) is 7.68. The van der Waals surface area contributed by atoms with Gasteiger partial charge in [-0.25, -0.2) is 0 Å². The van der Waals surface area contributed by atoms with Gasteiger partial charge in [0.05, 0.1) is 0 Å². The van der Waals surface area contributed by atoms with Gasteiger partial charge < -0.3 is 10.6 Å². The first-order valence-electron chi connectivity index (χ1n) is 6.14. The number of hydrogen-bond donors (Lipinski definition) is 2. The van der Waals surface area contributed by atoms with E-state index in [2.05, 4.69) is 36.4 Å². The number of hydroxylamine groups is 1. The van der Waals surface area contributed by atoms with Gasteiger partial charge in [0.1, 0.15) is 6.61 Å². The molecule has 0 heterocycles. The van der Waals surface area contributed by atoms with Crippen LogP contribution in [0.25, 0.3) is 0 Å². The number of carbonyl (C=O) groups excluding carboxylic acids is 1. The standard InChI is InChI=1S/C13H21N3O2/c1-3-16(4-2)12-7-5-11(6-8-12)9-15-18-10-13(14)17/h5-8,15H,3-4,9-10H2,1-2H3,(H2,14,17). The van der Waals surface area contributed by atoms with E-state index in [9.17, 15) is 4.79 Å². The highest BCUT2D eigenvalue weighted by atomic mass is 16.6. The summed E-state index contributed by atoms with van der Waals surface area (Å²) >= 11 is 0. The van der Waals surface area contributed by atoms with Crippen LogP contribution in [0.2, 0.25) is 0 Å². The molecule has 1 amide bonds. The molecule has 0 spiro atoms. The molecule has 0 aromatic heterocycles. The molecule has 0 radical (unpaired) electrons. The van der Waals surface area contributed by atoms with E-state index < -0.39 is 5.91 Å². The van der Waals surface area contributed by atoms with Crippen LogP contribution in [-0.4, -0.2) is 25.6 Å². The monoisotopic (exact) mass is 251 g/mol. The predicted octanol–water partition coefficient (Wildman–Crippen LogP) is 1.04. The van der Waals surface area contributed by atoms with E-state index in [0.717, 1.165) is 18.7 Å². The van der Waals surface area contributed by atoms with Crippen molar-refractivity contribution in [3.63, 3.8) is 0 Å². The lowest BCUT2D eigenvalue weighted by Crippen LogP contribution is -2.24. The number of anilines is 1. The zero-order chi connectivity index (χ0) is 13.4. The molecule has 3 N–H and O–H groups in total. The maximum atomic E-state index is 10.4. The highest BCUT2D eigenvalue weighted by Gasteiger charge is 2.01. The summed E-state index contributed by atoms with van der Waals surface area (Å²) in [6.45, 7) is 6.70. The van der Waals surface area contributed by atoms with E-state index in [1.165, 1.54) is 5.69 Å². The second-order valence-electron chi connectivity index (χ2n) is 3.91. The molecule has 5 heteroatoms. The van der Waals surface area contributed by atoms with Crippen LogP contribution in [0.1, 0.15) is 19.4 Å². The van der Waals surface area contributed by atoms with Crippen LogP contribution < -0.4 is 16.1 Å². The van der Waals surface area contributed by atoms with Gasteiger partial charge in [0.2, 0.25) is 5.91 Å². The van der Waals surface area contributed by atoms with Crippen LogP contribution in [-0.2, 0) is 16.2 Å². The van der Waals surface area contributed by atoms with Crippen LogP contribution in [0.15, 0.2) is 24.3 Å². The molecule has 1 aromatic carbocycles. The average Bonchev–Trinajstić information content (AvgIpc) is 2.37. The van der Waals surface area contributed by atoms with Crippen molar-refractivity contribution in [3.05, 3.63) is 29.8 Å². The van der Waals surface area contributed by atoms with Crippen molar-refractivity contribution < 1.29 is 9.63 Å². The Kier molecular flexibility index (Phi) is 6.18. The number of carbonyl (C=O) groups is 1. The number of nitrogens with zero attached hydrogens (tertiary/aromatic N) is 1. The Hall–Kier alpha value is -1.59. The van der Waals surface area contributed by atoms with Gasteiger partial charge in [-0.2, -0.15) is 5.48 Å². The van der Waals surface area contributed by atoms with Crippen LogP contribution in [0.5, 0.6) is 0 Å². The smallest absolute Gasteiger partial charge is 0.245 e. The summed E-state index contributed by atoms with van der Waals surface area (Å²) in [7, 11) is 0. The third-order valence-corrected chi connectivity index (χ3v) is 2.66. The molecular formula is C13H21N3O2. The number of nitrogens with two attached hydrogens (primary N) is 1. The van der Waals surface area contributed by atoms with E-state index in [0.29, 0.717) is 6.54 Å². The van der Waals surface area contributed by atoms with Crippen LogP contribution >= 0.6 is 0 Å². The molecule has 0 atom stereocenters. The van der Waals surface area contributed by atoms with E-state index >= 15 is 0 Å². The number of primary amides is 1. The van der Waals surface area contributed by atoms with Gasteiger partial charge in [0.15, 0.2) is 0 Å². The van der Waals surface area contributed by atoms with Crippen molar-refractivity contribution in [1.82, 2.24) is 5.48 Å². The van der Waals surface area contributed by atoms with Gasteiger partial charge in [0.25, 0.3) is 0 Å². The van der Waals surface area contributed by atoms with Crippen molar-refractivity contribution >= 4 is 11.6 Å². The van der Waals surface area contributed by atoms with Gasteiger partial charge in [-0.05, 0) is 31.5 Å². The minimum Gasteiger partial charge on any atom is -0.372 e. The lowest BCUT2D eigenvalue weighted by Gasteiger charge is -2.21. The Balaban J connectivity index is 2.42. The molecule has 0 bridgehead atoms. The normalized spacial score (nSPS) is 10.3. The van der Waals surface area contributed by atoms with Crippen molar-refractivity contribution in [1.29, 1.82) is 0 Å². The van der Waals surface area contributed by atoms with Crippen LogP contribution in [0.3, 0.4) is 0 Å². The fraction of sp³-hybridized carbons (Fsp3) is 0.462. The third kappa shape index (κ3) is 4.73. The Morgan fingerprint density at radius 1 is 1.28 bits per heavy atom. The Bertz CT molecular complexity index is 361. The molecule has 18 heavy (non-hydrogen) atoms. The molecule has 1 rings (SSSR count). The summed E-state index contributed by atoms with van der Waals surface area (Å²) in [5, 5.41) is 0. The zero-order valence-corrected chi connectivity index (χ0v) is 11.0. The zero-order valence-electron chi connectivity index (χ0n) is 11.0. The Morgan fingerprint density at radius 2 is 1.89 bits per heavy atom. The second-order valence-corrected chi connectivity index (χ2v) is 3.91. The number of amides is 1. The molecule has 1 aromatic rings. The van der Waals surface area contributed by atoms with Gasteiger partial charge in [-0.1, -0.05) is 12.1 Å². The Morgan fingerprint density at radius 3 is 2.39 bits per heavy atom. The summed E-state index contributed by atoms with van der Waals surface area (Å²) < 4.78 is 0. The van der Waals surface area contributed by atoms with Gasteiger partial charge in [-0.3, -0.25) is 9.63 Å². The number of nitrogens with one attached hydrogen (secondary N) is 1. The largest absolute Gasteiger partial charge is 0.372 e. The SMILES string of the molecule is CCN(CC)c1ccc(CNOCC(N)=O)cc1. The molecule has 0 saturated heterocycles. The first-order valence-corrected chi connectivity index (χ1v) is 6.14. The maximum Gasteiger partial charge on any atom is 0.245 e. The first kappa shape index (κ1) is 14.5. The highest BCUT2D eigenvalue weighted by molar-refractivity contribution is 5.74. The average molecular weight is 251 g/mol. The molecule has 0 saturated carbocycles. The van der Waals surface area contributed by atoms with Crippen LogP contribution in [0.4, 0.5) is 5.69 Å². The maximum absolute atomic E-state index is 10.4. The Labute approximate surface area is 108 Å². The van der Waals surface area contributed by atoms with Crippen LogP contribution in [0, 0.1) is 0 Å². The fourth-order valence-corrected chi connectivity index (χ4v) is 1.67. The van der Waals surface area contributed by atoms with E-state index in [4.69, 9.17) is 10.6 Å². The van der Waals surface area contributed by atoms with Crippen molar-refractivity contribution in [3.8, 4) is 0 Å². The summed E-state index contributed by atoms with van der Waals surface area (Å²) in [4.78, 5) is 17.6. The third-order valence-electron chi connectivity index (χ3n) is 2.66. The molecule has 0 aliphatic rings. The molecule has 0 fully saturated rings. The van der Waals surface area contributed by atoms with E-state index in [-0.39, 0.29) is 6.61 Å². The lowest BCUT2D eigenvalue weighted by molar-refractivity contribution is -0.125. The van der Waals surface area contributed by atoms with E-state index in [1.807, 2.05) is 12.1 Å². The summed E-state index contributed by atoms with van der Waals surface area (Å²) in [6, 6.07) is 8.23. The van der Waals surface area contributed by atoms with Gasteiger partial charge in [-0.15, -0.1) is 0 Å². The molecule has 5 nitrogen and oxygen atoms in total.